The van der Waals surface area contributed by atoms with Crippen LogP contribution in [0.25, 0.3) is 0 Å². The first-order valence-corrected chi connectivity index (χ1v) is 7.02. The molecule has 0 unspecified atom stereocenters. The van der Waals surface area contributed by atoms with E-state index < -0.39 is 16.3 Å². The van der Waals surface area contributed by atoms with Gasteiger partial charge >= 0.3 is 0 Å². The quantitative estimate of drug-likeness (QED) is 0.868. The van der Waals surface area contributed by atoms with Crippen LogP contribution < -0.4 is 4.72 Å². The number of hydrogen-bond donors (Lipinski definition) is 1. The van der Waals surface area contributed by atoms with Gasteiger partial charge in [0.2, 0.25) is 16.3 Å². The van der Waals surface area contributed by atoms with E-state index in [0.717, 1.165) is 11.8 Å². The van der Waals surface area contributed by atoms with E-state index in [1.807, 2.05) is 0 Å². The lowest BCUT2D eigenvalue weighted by Crippen LogP contribution is -2.12. The molecule has 2 heterocycles. The van der Waals surface area contributed by atoms with Crippen molar-refractivity contribution >= 4 is 15.7 Å². The third-order valence-electron chi connectivity index (χ3n) is 2.29. The highest BCUT2D eigenvalue weighted by atomic mass is 32.2. The van der Waals surface area contributed by atoms with Gasteiger partial charge in [-0.3, -0.25) is 9.71 Å². The van der Waals surface area contributed by atoms with Crippen LogP contribution >= 0.6 is 0 Å². The SMILES string of the molecule is Cc1cc(C2OCCO2)ncc1NS(C)(=O)=O. The minimum absolute atomic E-state index is 0.444. The fraction of sp³-hybridized carbons (Fsp3) is 0.500. The lowest BCUT2D eigenvalue weighted by Gasteiger charge is -2.12. The molecular weight excluding hydrogens is 244 g/mol. The van der Waals surface area contributed by atoms with Crippen LogP contribution in [0.1, 0.15) is 17.5 Å². The van der Waals surface area contributed by atoms with E-state index in [9.17, 15) is 8.42 Å². The number of nitrogens with one attached hydrogen (secondary N) is 1. The maximum Gasteiger partial charge on any atom is 0.229 e. The Morgan fingerprint density at radius 1 is 1.41 bits per heavy atom. The number of nitrogens with zero attached hydrogens (tertiary/aromatic N) is 1. The van der Waals surface area contributed by atoms with Crippen molar-refractivity contribution in [2.45, 2.75) is 13.2 Å². The van der Waals surface area contributed by atoms with Crippen LogP contribution in [-0.4, -0.2) is 32.9 Å². The number of pyridine rings is 1. The molecule has 0 bridgehead atoms. The Morgan fingerprint density at radius 2 is 2.06 bits per heavy atom. The fourth-order valence-corrected chi connectivity index (χ4v) is 2.16. The van der Waals surface area contributed by atoms with Gasteiger partial charge in [-0.15, -0.1) is 0 Å². The topological polar surface area (TPSA) is 77.5 Å². The van der Waals surface area contributed by atoms with Crippen molar-refractivity contribution in [3.63, 3.8) is 0 Å². The van der Waals surface area contributed by atoms with Gasteiger partial charge in [0.15, 0.2) is 0 Å². The molecule has 1 aromatic heterocycles. The van der Waals surface area contributed by atoms with Crippen LogP contribution in [0.5, 0.6) is 0 Å². The van der Waals surface area contributed by atoms with Gasteiger partial charge in [0.1, 0.15) is 0 Å². The van der Waals surface area contributed by atoms with Gasteiger partial charge in [-0.25, -0.2) is 8.42 Å². The van der Waals surface area contributed by atoms with E-state index in [2.05, 4.69) is 9.71 Å². The molecule has 0 aromatic carbocycles. The predicted octanol–water partition coefficient (Wildman–Crippen LogP) is 0.807. The summed E-state index contributed by atoms with van der Waals surface area (Å²) in [5.74, 6) is 0. The smallest absolute Gasteiger partial charge is 0.229 e. The van der Waals surface area contributed by atoms with Crippen LogP contribution in [-0.2, 0) is 19.5 Å². The van der Waals surface area contributed by atoms with Crippen molar-refractivity contribution in [3.05, 3.63) is 23.5 Å². The summed E-state index contributed by atoms with van der Waals surface area (Å²) in [6.45, 7) is 2.90. The van der Waals surface area contributed by atoms with Gasteiger partial charge in [0.05, 0.1) is 37.0 Å². The highest BCUT2D eigenvalue weighted by molar-refractivity contribution is 7.92. The van der Waals surface area contributed by atoms with E-state index in [-0.39, 0.29) is 0 Å². The summed E-state index contributed by atoms with van der Waals surface area (Å²) in [6, 6.07) is 1.75. The molecule has 1 aromatic rings. The van der Waals surface area contributed by atoms with Crippen LogP contribution in [0.3, 0.4) is 0 Å². The Bertz CT molecular complexity index is 509. The third-order valence-corrected chi connectivity index (χ3v) is 2.88. The van der Waals surface area contributed by atoms with Crippen molar-refractivity contribution < 1.29 is 17.9 Å². The molecule has 0 aliphatic carbocycles. The van der Waals surface area contributed by atoms with Gasteiger partial charge < -0.3 is 9.47 Å². The first-order chi connectivity index (χ1) is 7.96. The number of aromatic nitrogens is 1. The van der Waals surface area contributed by atoms with Crippen LogP contribution in [0.15, 0.2) is 12.3 Å². The molecule has 0 amide bonds. The van der Waals surface area contributed by atoms with Gasteiger partial charge in [0.25, 0.3) is 0 Å². The minimum Gasteiger partial charge on any atom is -0.345 e. The largest absolute Gasteiger partial charge is 0.345 e. The number of ether oxygens (including phenoxy) is 2. The van der Waals surface area contributed by atoms with Gasteiger partial charge in [-0.1, -0.05) is 0 Å². The number of rotatable bonds is 3. The molecular formula is C10H14N2O4S. The summed E-state index contributed by atoms with van der Waals surface area (Å²) in [5.41, 5.74) is 1.90. The number of anilines is 1. The van der Waals surface area contributed by atoms with Gasteiger partial charge in [-0.2, -0.15) is 0 Å². The summed E-state index contributed by atoms with van der Waals surface area (Å²) in [5, 5.41) is 0. The number of hydrogen-bond acceptors (Lipinski definition) is 5. The molecule has 1 N–H and O–H groups in total. The normalized spacial score (nSPS) is 17.3. The molecule has 17 heavy (non-hydrogen) atoms. The average molecular weight is 258 g/mol. The monoisotopic (exact) mass is 258 g/mol. The summed E-state index contributed by atoms with van der Waals surface area (Å²) in [6.07, 6.45) is 2.13. The van der Waals surface area contributed by atoms with Crippen LogP contribution in [0, 0.1) is 6.92 Å². The lowest BCUT2D eigenvalue weighted by atomic mass is 10.2. The van der Waals surface area contributed by atoms with E-state index in [4.69, 9.17) is 9.47 Å². The standard InChI is InChI=1S/C10H14N2O4S/c1-7-5-8(10-15-3-4-16-10)11-6-9(7)12-17(2,13)14/h5-6,10,12H,3-4H2,1-2H3. The number of aryl methyl sites for hydroxylation is 1. The second-order valence-electron chi connectivity index (χ2n) is 3.87. The highest BCUT2D eigenvalue weighted by Gasteiger charge is 2.20. The zero-order valence-corrected chi connectivity index (χ0v) is 10.5. The van der Waals surface area contributed by atoms with E-state index in [0.29, 0.717) is 24.6 Å². The molecule has 0 atom stereocenters. The second-order valence-corrected chi connectivity index (χ2v) is 5.62. The molecule has 1 saturated heterocycles. The maximum absolute atomic E-state index is 11.1. The Labute approximate surface area is 100 Å². The first kappa shape index (κ1) is 12.3. The first-order valence-electron chi connectivity index (χ1n) is 5.13. The highest BCUT2D eigenvalue weighted by Crippen LogP contribution is 2.24. The Kier molecular flexibility index (Phi) is 3.32. The van der Waals surface area contributed by atoms with Crippen molar-refractivity contribution in [2.24, 2.45) is 0 Å². The summed E-state index contributed by atoms with van der Waals surface area (Å²) >= 11 is 0. The number of sulfonamides is 1. The van der Waals surface area contributed by atoms with E-state index in [1.165, 1.54) is 6.20 Å². The zero-order valence-electron chi connectivity index (χ0n) is 9.63. The molecule has 94 valence electrons. The van der Waals surface area contributed by atoms with E-state index >= 15 is 0 Å². The minimum atomic E-state index is -3.28. The van der Waals surface area contributed by atoms with Crippen molar-refractivity contribution in [3.8, 4) is 0 Å². The predicted molar refractivity (Wildman–Crippen MR) is 62.1 cm³/mol. The molecule has 6 nitrogen and oxygen atoms in total. The second kappa shape index (κ2) is 4.59. The summed E-state index contributed by atoms with van der Waals surface area (Å²) in [7, 11) is -3.28. The molecule has 1 aliphatic rings. The van der Waals surface area contributed by atoms with Crippen LogP contribution in [0.2, 0.25) is 0 Å². The van der Waals surface area contributed by atoms with Crippen molar-refractivity contribution in [2.75, 3.05) is 24.2 Å². The lowest BCUT2D eigenvalue weighted by molar-refractivity contribution is -0.0473. The van der Waals surface area contributed by atoms with Crippen molar-refractivity contribution in [1.29, 1.82) is 0 Å². The Hall–Kier alpha value is -1.18. The Morgan fingerprint density at radius 3 is 2.59 bits per heavy atom. The summed E-state index contributed by atoms with van der Waals surface area (Å²) < 4.78 is 35.2. The van der Waals surface area contributed by atoms with Gasteiger partial charge in [0, 0.05) is 0 Å². The third kappa shape index (κ3) is 3.15. The fourth-order valence-electron chi connectivity index (χ4n) is 1.54. The Balaban J connectivity index is 2.22. The van der Waals surface area contributed by atoms with E-state index in [1.54, 1.807) is 13.0 Å². The molecule has 0 saturated carbocycles. The molecule has 0 spiro atoms. The molecule has 2 rings (SSSR count). The van der Waals surface area contributed by atoms with Gasteiger partial charge in [-0.05, 0) is 18.6 Å². The molecule has 1 fully saturated rings. The summed E-state index contributed by atoms with van der Waals surface area (Å²) in [4.78, 5) is 4.13. The van der Waals surface area contributed by atoms with Crippen LogP contribution in [0.4, 0.5) is 5.69 Å². The maximum atomic E-state index is 11.1. The zero-order chi connectivity index (χ0) is 12.5. The molecule has 1 aliphatic heterocycles. The molecule has 7 heteroatoms. The van der Waals surface area contributed by atoms with Crippen molar-refractivity contribution in [1.82, 2.24) is 4.98 Å². The average Bonchev–Trinajstić information content (AvgIpc) is 2.72. The molecule has 0 radical (unpaired) electrons.